The third kappa shape index (κ3) is 6.96. The van der Waals surface area contributed by atoms with Crippen LogP contribution in [0.15, 0.2) is 54.6 Å². The number of amides is 7. The largest absolute Gasteiger partial charge is 0.481 e. The number of likely N-dealkylation sites (N-methyl/N-ethyl adjacent to an activating group) is 1. The summed E-state index contributed by atoms with van der Waals surface area (Å²) in [7, 11) is 1.43. The van der Waals surface area contributed by atoms with Gasteiger partial charge >= 0.3 is 18.0 Å². The number of ketones is 1. The van der Waals surface area contributed by atoms with Crippen LogP contribution in [0.1, 0.15) is 57.9 Å². The molecule has 7 rings (SSSR count). The van der Waals surface area contributed by atoms with E-state index >= 15 is 0 Å². The van der Waals surface area contributed by atoms with Gasteiger partial charge in [-0.2, -0.15) is 0 Å². The van der Waals surface area contributed by atoms with Gasteiger partial charge in [0, 0.05) is 23.3 Å². The highest BCUT2D eigenvalue weighted by atomic mass is 16.4. The lowest BCUT2D eigenvalue weighted by Gasteiger charge is -2.59. The summed E-state index contributed by atoms with van der Waals surface area (Å²) >= 11 is 0. The number of rotatable bonds is 12. The molecular formula is C37H44N6O8. The van der Waals surface area contributed by atoms with Crippen molar-refractivity contribution in [3.63, 3.8) is 0 Å². The molecule has 1 heterocycles. The van der Waals surface area contributed by atoms with E-state index in [2.05, 4.69) is 21.3 Å². The number of imide groups is 2. The molecule has 0 spiro atoms. The van der Waals surface area contributed by atoms with Gasteiger partial charge in [0.15, 0.2) is 5.78 Å². The van der Waals surface area contributed by atoms with Gasteiger partial charge in [0.1, 0.15) is 5.54 Å². The summed E-state index contributed by atoms with van der Waals surface area (Å²) in [6, 6.07) is 13.7. The van der Waals surface area contributed by atoms with Gasteiger partial charge in [-0.1, -0.05) is 30.3 Å². The van der Waals surface area contributed by atoms with E-state index in [1.54, 1.807) is 50.2 Å². The number of aliphatic carboxylic acids is 1. The molecule has 0 radical (unpaired) electrons. The van der Waals surface area contributed by atoms with Crippen LogP contribution in [0.25, 0.3) is 0 Å². The Morgan fingerprint density at radius 3 is 2.08 bits per heavy atom. The number of benzene rings is 2. The molecule has 4 saturated carbocycles. The quantitative estimate of drug-likeness (QED) is 0.206. The van der Waals surface area contributed by atoms with Crippen molar-refractivity contribution < 1.29 is 38.7 Å². The molecule has 270 valence electrons. The van der Waals surface area contributed by atoms with Crippen LogP contribution in [0.4, 0.5) is 21.0 Å². The van der Waals surface area contributed by atoms with Crippen molar-refractivity contribution in [2.24, 2.45) is 29.1 Å². The molecule has 7 amide bonds. The van der Waals surface area contributed by atoms with E-state index in [-0.39, 0.29) is 30.1 Å². The molecule has 2 aromatic rings. The zero-order valence-corrected chi connectivity index (χ0v) is 28.9. The van der Waals surface area contributed by atoms with Gasteiger partial charge in [0.2, 0.25) is 11.8 Å². The summed E-state index contributed by atoms with van der Waals surface area (Å²) in [5.41, 5.74) is -0.532. The molecule has 2 aromatic carbocycles. The van der Waals surface area contributed by atoms with Crippen LogP contribution in [0.3, 0.4) is 0 Å². The van der Waals surface area contributed by atoms with Gasteiger partial charge in [-0.05, 0) is 101 Å². The lowest BCUT2D eigenvalue weighted by Crippen LogP contribution is -2.63. The predicted molar refractivity (Wildman–Crippen MR) is 185 cm³/mol. The number of para-hydroxylation sites is 1. The van der Waals surface area contributed by atoms with Crippen molar-refractivity contribution >= 4 is 52.9 Å². The first-order valence-electron chi connectivity index (χ1n) is 17.3. The number of urea groups is 2. The second kappa shape index (κ2) is 13.9. The Bertz CT molecular complexity index is 1730. The molecule has 5 N–H and O–H groups in total. The topological polar surface area (TPSA) is 194 Å². The lowest BCUT2D eigenvalue weighted by atomic mass is 9.43. The van der Waals surface area contributed by atoms with E-state index < -0.39 is 71.6 Å². The lowest BCUT2D eigenvalue weighted by molar-refractivity contribution is -0.168. The smallest absolute Gasteiger partial charge is 0.328 e. The summed E-state index contributed by atoms with van der Waals surface area (Å²) in [6.07, 6.45) is 2.79. The Morgan fingerprint density at radius 2 is 1.49 bits per heavy atom. The highest BCUT2D eigenvalue weighted by molar-refractivity contribution is 6.10. The van der Waals surface area contributed by atoms with E-state index in [0.717, 1.165) is 24.2 Å². The normalized spacial score (nSPS) is 26.5. The van der Waals surface area contributed by atoms with Gasteiger partial charge in [-0.25, -0.2) is 9.59 Å². The molecule has 1 saturated heterocycles. The number of hydrogen-bond donors (Lipinski definition) is 5. The SMILES string of the molecule is CN[C@@H](CC(=O)O)C(=O)NC(=O)C1C2CC3CC(C2)CC1(C(=O)CN1C(=O)N(Cc2ccc(NC(=O)Nc4ccccc4)cc2)C(C)(C)C1=O)C3. The monoisotopic (exact) mass is 700 g/mol. The zero-order chi connectivity index (χ0) is 36.7. The van der Waals surface area contributed by atoms with Crippen LogP contribution >= 0.6 is 0 Å². The van der Waals surface area contributed by atoms with Crippen molar-refractivity contribution in [1.29, 1.82) is 0 Å². The molecule has 4 atom stereocenters. The summed E-state index contributed by atoms with van der Waals surface area (Å²) in [5.74, 6) is -4.00. The third-order valence-electron chi connectivity index (χ3n) is 11.2. The molecule has 14 nitrogen and oxygen atoms in total. The van der Waals surface area contributed by atoms with Crippen LogP contribution in [-0.2, 0) is 30.5 Å². The molecule has 4 bridgehead atoms. The fourth-order valence-electron chi connectivity index (χ4n) is 9.01. The maximum absolute atomic E-state index is 14.4. The zero-order valence-electron chi connectivity index (χ0n) is 28.9. The van der Waals surface area contributed by atoms with Crippen molar-refractivity contribution in [2.75, 3.05) is 24.2 Å². The van der Waals surface area contributed by atoms with Crippen molar-refractivity contribution in [2.45, 2.75) is 70.5 Å². The number of carboxylic acid groups (broad SMARTS) is 1. The van der Waals surface area contributed by atoms with Gasteiger partial charge in [-0.15, -0.1) is 0 Å². The van der Waals surface area contributed by atoms with Crippen LogP contribution in [0.2, 0.25) is 0 Å². The number of nitrogens with zero attached hydrogens (tertiary/aromatic N) is 2. The summed E-state index contributed by atoms with van der Waals surface area (Å²) in [5, 5.41) is 19.7. The minimum absolute atomic E-state index is 0.0756. The van der Waals surface area contributed by atoms with Crippen molar-refractivity contribution in [1.82, 2.24) is 20.4 Å². The van der Waals surface area contributed by atoms with Crippen molar-refractivity contribution in [3.8, 4) is 0 Å². The minimum Gasteiger partial charge on any atom is -0.481 e. The Kier molecular flexibility index (Phi) is 9.73. The first-order valence-corrected chi connectivity index (χ1v) is 17.3. The number of carboxylic acids is 1. The number of carbonyl (C=O) groups excluding carboxylic acids is 6. The highest BCUT2D eigenvalue weighted by Crippen LogP contribution is 2.63. The second-order valence-corrected chi connectivity index (χ2v) is 14.9. The van der Waals surface area contributed by atoms with Crippen LogP contribution < -0.4 is 21.3 Å². The maximum Gasteiger partial charge on any atom is 0.328 e. The molecule has 0 aromatic heterocycles. The fourth-order valence-corrected chi connectivity index (χ4v) is 9.01. The number of hydrogen-bond acceptors (Lipinski definition) is 8. The number of Topliss-reactive ketones (excluding diaryl/α,β-unsaturated/α-hetero) is 1. The van der Waals surface area contributed by atoms with Gasteiger partial charge in [-0.3, -0.25) is 34.2 Å². The average Bonchev–Trinajstić information content (AvgIpc) is 3.22. The standard InChI is InChI=1S/C37H44N6O8/c1-36(2)33(49)42(35(51)43(36)19-21-9-11-26(12-10-21)40-34(50)39-25-7-5-4-6-8-25)20-28(44)37-17-22-13-23(18-37)15-24(14-22)30(37)32(48)41-31(47)27(38-3)16-29(45)46/h4-12,22-24,27,30,38H,13-20H2,1-3H3,(H,45,46)(H2,39,40,50)(H,41,47,48)/t22?,23?,24?,27-,30?,37?/m0/s1. The third-order valence-corrected chi connectivity index (χ3v) is 11.2. The number of anilines is 2. The van der Waals surface area contributed by atoms with E-state index in [1.807, 2.05) is 18.2 Å². The van der Waals surface area contributed by atoms with Gasteiger partial charge in [0.25, 0.3) is 5.91 Å². The minimum atomic E-state index is -1.26. The molecule has 4 aliphatic carbocycles. The highest BCUT2D eigenvalue weighted by Gasteiger charge is 2.63. The van der Waals surface area contributed by atoms with Crippen LogP contribution in [-0.4, -0.2) is 81.6 Å². The molecule has 14 heteroatoms. The first-order chi connectivity index (χ1) is 24.2. The molecule has 5 fully saturated rings. The Balaban J connectivity index is 1.15. The molecule has 1 aliphatic heterocycles. The second-order valence-electron chi connectivity index (χ2n) is 14.9. The predicted octanol–water partition coefficient (Wildman–Crippen LogP) is 3.59. The van der Waals surface area contributed by atoms with E-state index in [4.69, 9.17) is 0 Å². The van der Waals surface area contributed by atoms with E-state index in [1.165, 1.54) is 11.9 Å². The van der Waals surface area contributed by atoms with Crippen LogP contribution in [0.5, 0.6) is 0 Å². The summed E-state index contributed by atoms with van der Waals surface area (Å²) in [4.78, 5) is 94.9. The van der Waals surface area contributed by atoms with Gasteiger partial charge < -0.3 is 26.0 Å². The Hall–Kier alpha value is -5.11. The molecule has 3 unspecified atom stereocenters. The van der Waals surface area contributed by atoms with Crippen LogP contribution in [0, 0.1) is 29.1 Å². The average molecular weight is 701 g/mol. The Labute approximate surface area is 295 Å². The maximum atomic E-state index is 14.4. The number of nitrogens with one attached hydrogen (secondary N) is 4. The van der Waals surface area contributed by atoms with Crippen molar-refractivity contribution in [3.05, 3.63) is 60.2 Å². The number of carbonyl (C=O) groups is 7. The molecule has 51 heavy (non-hydrogen) atoms. The van der Waals surface area contributed by atoms with Gasteiger partial charge in [0.05, 0.1) is 24.9 Å². The molecule has 5 aliphatic rings. The Morgan fingerprint density at radius 1 is 0.882 bits per heavy atom. The fraction of sp³-hybridized carbons (Fsp3) is 0.486. The summed E-state index contributed by atoms with van der Waals surface area (Å²) < 4.78 is 0. The molecular weight excluding hydrogens is 656 g/mol. The van der Waals surface area contributed by atoms with E-state index in [0.29, 0.717) is 29.8 Å². The first kappa shape index (κ1) is 35.7. The summed E-state index contributed by atoms with van der Waals surface area (Å²) in [6.45, 7) is 2.85. The van der Waals surface area contributed by atoms with E-state index in [9.17, 15) is 38.7 Å².